The summed E-state index contributed by atoms with van der Waals surface area (Å²) in [5.74, 6) is 0. The first-order chi connectivity index (χ1) is 6.05. The van der Waals surface area contributed by atoms with E-state index in [1.54, 1.807) is 0 Å². The van der Waals surface area contributed by atoms with E-state index >= 15 is 0 Å². The predicted octanol–water partition coefficient (Wildman–Crippen LogP) is 2.62. The zero-order chi connectivity index (χ0) is 9.90. The van der Waals surface area contributed by atoms with Crippen LogP contribution in [0.15, 0.2) is 43.0 Å². The monoisotopic (exact) mass is 176 g/mol. The smallest absolute Gasteiger partial charge is 0.133 e. The molecule has 0 saturated carbocycles. The molecule has 0 saturated heterocycles. The molecule has 0 aliphatic heterocycles. The van der Waals surface area contributed by atoms with E-state index in [2.05, 4.69) is 52.0 Å². The van der Waals surface area contributed by atoms with Crippen molar-refractivity contribution >= 4 is 0 Å². The normalized spacial score (nSPS) is 13.8. The summed E-state index contributed by atoms with van der Waals surface area (Å²) < 4.78 is 0.882. The van der Waals surface area contributed by atoms with Crippen molar-refractivity contribution in [3.63, 3.8) is 0 Å². The SMILES string of the molecule is C=C[C@H](c1ccccc1)[N+](C)(C)C. The lowest BCUT2D eigenvalue weighted by molar-refractivity contribution is -0.895. The number of likely N-dealkylation sites (N-methyl/N-ethyl adjacent to an activating group) is 1. The summed E-state index contributed by atoms with van der Waals surface area (Å²) in [6.45, 7) is 3.89. The molecule has 1 aromatic rings. The van der Waals surface area contributed by atoms with Crippen molar-refractivity contribution in [3.05, 3.63) is 48.6 Å². The first kappa shape index (κ1) is 10.0. The van der Waals surface area contributed by atoms with Gasteiger partial charge in [0.25, 0.3) is 0 Å². The number of quaternary nitrogens is 1. The highest BCUT2D eigenvalue weighted by Gasteiger charge is 2.21. The van der Waals surface area contributed by atoms with Gasteiger partial charge in [0.1, 0.15) is 6.04 Å². The Morgan fingerprint density at radius 3 is 2.08 bits per heavy atom. The van der Waals surface area contributed by atoms with E-state index in [0.717, 1.165) is 4.48 Å². The van der Waals surface area contributed by atoms with Crippen LogP contribution in [0.25, 0.3) is 0 Å². The molecule has 1 nitrogen and oxygen atoms in total. The van der Waals surface area contributed by atoms with Crippen LogP contribution in [0.3, 0.4) is 0 Å². The van der Waals surface area contributed by atoms with E-state index in [0.29, 0.717) is 6.04 Å². The van der Waals surface area contributed by atoms with Crippen LogP contribution >= 0.6 is 0 Å². The lowest BCUT2D eigenvalue weighted by Crippen LogP contribution is -2.37. The van der Waals surface area contributed by atoms with Crippen LogP contribution < -0.4 is 0 Å². The molecule has 0 bridgehead atoms. The summed E-state index contributed by atoms with van der Waals surface area (Å²) in [6.07, 6.45) is 2.01. The molecule has 0 fully saturated rings. The third-order valence-corrected chi connectivity index (χ3v) is 2.20. The Hall–Kier alpha value is -1.08. The zero-order valence-electron chi connectivity index (χ0n) is 8.70. The van der Waals surface area contributed by atoms with Gasteiger partial charge in [-0.3, -0.25) is 0 Å². The van der Waals surface area contributed by atoms with Gasteiger partial charge in [-0.2, -0.15) is 0 Å². The van der Waals surface area contributed by atoms with Crippen LogP contribution in [-0.2, 0) is 0 Å². The molecule has 1 heteroatoms. The molecule has 0 N–H and O–H groups in total. The molecule has 13 heavy (non-hydrogen) atoms. The predicted molar refractivity (Wildman–Crippen MR) is 57.4 cm³/mol. The van der Waals surface area contributed by atoms with Crippen LogP contribution in [0.5, 0.6) is 0 Å². The fourth-order valence-electron chi connectivity index (χ4n) is 1.55. The number of benzene rings is 1. The van der Waals surface area contributed by atoms with E-state index in [9.17, 15) is 0 Å². The Morgan fingerprint density at radius 2 is 1.69 bits per heavy atom. The summed E-state index contributed by atoms with van der Waals surface area (Å²) in [5.41, 5.74) is 1.32. The summed E-state index contributed by atoms with van der Waals surface area (Å²) in [7, 11) is 6.54. The van der Waals surface area contributed by atoms with Gasteiger partial charge < -0.3 is 4.48 Å². The number of hydrogen-bond acceptors (Lipinski definition) is 0. The molecule has 0 aliphatic carbocycles. The topological polar surface area (TPSA) is 0 Å². The molecule has 1 aromatic carbocycles. The molecule has 0 unspecified atom stereocenters. The molecule has 1 atom stereocenters. The molecular formula is C12H18N+. The molecule has 0 heterocycles. The second-order valence-corrected chi connectivity index (χ2v) is 4.21. The highest BCUT2D eigenvalue weighted by atomic mass is 15.3. The summed E-state index contributed by atoms with van der Waals surface area (Å²) in [5, 5.41) is 0. The average Bonchev–Trinajstić information content (AvgIpc) is 2.05. The van der Waals surface area contributed by atoms with Gasteiger partial charge in [-0.25, -0.2) is 0 Å². The highest BCUT2D eigenvalue weighted by Crippen LogP contribution is 2.23. The Morgan fingerprint density at radius 1 is 1.15 bits per heavy atom. The molecule has 1 rings (SSSR count). The molecular weight excluding hydrogens is 158 g/mol. The van der Waals surface area contributed by atoms with E-state index < -0.39 is 0 Å². The molecule has 0 aromatic heterocycles. The van der Waals surface area contributed by atoms with Gasteiger partial charge in [0.2, 0.25) is 0 Å². The maximum absolute atomic E-state index is 3.89. The zero-order valence-corrected chi connectivity index (χ0v) is 8.70. The number of nitrogens with zero attached hydrogens (tertiary/aromatic N) is 1. The fraction of sp³-hybridized carbons (Fsp3) is 0.333. The first-order valence-corrected chi connectivity index (χ1v) is 4.54. The van der Waals surface area contributed by atoms with Crippen molar-refractivity contribution in [2.45, 2.75) is 6.04 Å². The lowest BCUT2D eigenvalue weighted by atomic mass is 10.1. The van der Waals surface area contributed by atoms with Gasteiger partial charge in [-0.15, -0.1) is 0 Å². The molecule has 0 spiro atoms. The second-order valence-electron chi connectivity index (χ2n) is 4.21. The molecule has 0 amide bonds. The van der Waals surface area contributed by atoms with Gasteiger partial charge in [0.05, 0.1) is 21.1 Å². The van der Waals surface area contributed by atoms with Crippen LogP contribution in [-0.4, -0.2) is 25.6 Å². The van der Waals surface area contributed by atoms with Crippen molar-refractivity contribution in [1.29, 1.82) is 0 Å². The maximum atomic E-state index is 3.89. The molecule has 0 radical (unpaired) electrons. The minimum atomic E-state index is 0.376. The van der Waals surface area contributed by atoms with Crippen LogP contribution in [0.1, 0.15) is 11.6 Å². The summed E-state index contributed by atoms with van der Waals surface area (Å²) in [6, 6.07) is 10.9. The van der Waals surface area contributed by atoms with Crippen molar-refractivity contribution in [2.75, 3.05) is 21.1 Å². The summed E-state index contributed by atoms with van der Waals surface area (Å²) in [4.78, 5) is 0. The van der Waals surface area contributed by atoms with Gasteiger partial charge in [0.15, 0.2) is 0 Å². The Bertz CT molecular complexity index is 269. The molecule has 0 aliphatic rings. The van der Waals surface area contributed by atoms with Crippen molar-refractivity contribution in [3.8, 4) is 0 Å². The highest BCUT2D eigenvalue weighted by molar-refractivity contribution is 5.20. The maximum Gasteiger partial charge on any atom is 0.133 e. The Balaban J connectivity index is 2.99. The van der Waals surface area contributed by atoms with Gasteiger partial charge in [0, 0.05) is 5.56 Å². The van der Waals surface area contributed by atoms with E-state index in [1.807, 2.05) is 12.1 Å². The minimum absolute atomic E-state index is 0.376. The quantitative estimate of drug-likeness (QED) is 0.490. The largest absolute Gasteiger partial charge is 0.321 e. The second kappa shape index (κ2) is 3.75. The third-order valence-electron chi connectivity index (χ3n) is 2.20. The van der Waals surface area contributed by atoms with E-state index in [-0.39, 0.29) is 0 Å². The minimum Gasteiger partial charge on any atom is -0.321 e. The van der Waals surface area contributed by atoms with Gasteiger partial charge in [-0.05, 0) is 6.08 Å². The van der Waals surface area contributed by atoms with Gasteiger partial charge >= 0.3 is 0 Å². The standard InChI is InChI=1S/C12H18N/c1-5-12(13(2,3)4)11-9-7-6-8-10-11/h5-10,12H,1H2,2-4H3/q+1/t12-/m1/s1. The van der Waals surface area contributed by atoms with Crippen LogP contribution in [0.2, 0.25) is 0 Å². The number of rotatable bonds is 3. The van der Waals surface area contributed by atoms with Crippen molar-refractivity contribution < 1.29 is 4.48 Å². The summed E-state index contributed by atoms with van der Waals surface area (Å²) >= 11 is 0. The number of hydrogen-bond donors (Lipinski definition) is 0. The van der Waals surface area contributed by atoms with Crippen LogP contribution in [0, 0.1) is 0 Å². The van der Waals surface area contributed by atoms with Crippen LogP contribution in [0.4, 0.5) is 0 Å². The van der Waals surface area contributed by atoms with Crippen molar-refractivity contribution in [2.24, 2.45) is 0 Å². The Labute approximate surface area is 80.9 Å². The van der Waals surface area contributed by atoms with Gasteiger partial charge in [-0.1, -0.05) is 36.9 Å². The van der Waals surface area contributed by atoms with E-state index in [1.165, 1.54) is 5.56 Å². The fourth-order valence-corrected chi connectivity index (χ4v) is 1.55. The third kappa shape index (κ3) is 2.43. The van der Waals surface area contributed by atoms with E-state index in [4.69, 9.17) is 0 Å². The first-order valence-electron chi connectivity index (χ1n) is 4.54. The molecule has 70 valence electrons. The Kier molecular flexibility index (Phi) is 2.89. The average molecular weight is 176 g/mol. The van der Waals surface area contributed by atoms with Crippen molar-refractivity contribution in [1.82, 2.24) is 0 Å². The lowest BCUT2D eigenvalue weighted by Gasteiger charge is -2.32.